The molecule has 0 bridgehead atoms. The lowest BCUT2D eigenvalue weighted by Gasteiger charge is -2.23. The molecule has 2 aromatic rings. The van der Waals surface area contributed by atoms with E-state index in [1.165, 1.54) is 18.4 Å². The molecule has 4 heteroatoms. The summed E-state index contributed by atoms with van der Waals surface area (Å²) in [4.78, 5) is 11.3. The molecule has 0 radical (unpaired) electrons. The molecule has 0 unspecified atom stereocenters. The first-order valence-electron chi connectivity index (χ1n) is 6.91. The molecule has 0 aliphatic heterocycles. The van der Waals surface area contributed by atoms with Gasteiger partial charge in [0.15, 0.2) is 0 Å². The van der Waals surface area contributed by atoms with Crippen LogP contribution in [-0.2, 0) is 0 Å². The number of benzene rings is 1. The van der Waals surface area contributed by atoms with E-state index in [-0.39, 0.29) is 0 Å². The van der Waals surface area contributed by atoms with Crippen LogP contribution in [0.1, 0.15) is 35.7 Å². The van der Waals surface area contributed by atoms with Crippen LogP contribution >= 0.6 is 11.6 Å². The van der Waals surface area contributed by atoms with Gasteiger partial charge in [-0.25, -0.2) is 9.97 Å². The van der Waals surface area contributed by atoms with Crippen molar-refractivity contribution < 1.29 is 0 Å². The van der Waals surface area contributed by atoms with Gasteiger partial charge in [-0.3, -0.25) is 0 Å². The molecule has 1 saturated carbocycles. The molecule has 1 heterocycles. The molecule has 1 aliphatic carbocycles. The van der Waals surface area contributed by atoms with Gasteiger partial charge >= 0.3 is 0 Å². The number of para-hydroxylation sites is 1. The molecule has 1 aromatic carbocycles. The van der Waals surface area contributed by atoms with E-state index >= 15 is 0 Å². The van der Waals surface area contributed by atoms with Crippen LogP contribution in [0.5, 0.6) is 0 Å². The Hall–Kier alpha value is -1.61. The molecule has 1 fully saturated rings. The average molecular weight is 288 g/mol. The Balaban J connectivity index is 2.06. The van der Waals surface area contributed by atoms with Crippen LogP contribution in [0.25, 0.3) is 0 Å². The zero-order valence-electron chi connectivity index (χ0n) is 12.0. The molecule has 1 aliphatic rings. The molecule has 3 rings (SSSR count). The largest absolute Gasteiger partial charge is 0.329 e. The van der Waals surface area contributed by atoms with E-state index in [0.29, 0.717) is 11.1 Å². The van der Waals surface area contributed by atoms with E-state index in [2.05, 4.69) is 28.9 Å². The number of anilines is 2. The van der Waals surface area contributed by atoms with Crippen LogP contribution in [0.15, 0.2) is 24.3 Å². The third kappa shape index (κ3) is 2.38. The Morgan fingerprint density at radius 1 is 1.15 bits per heavy atom. The zero-order valence-corrected chi connectivity index (χ0v) is 12.8. The van der Waals surface area contributed by atoms with Gasteiger partial charge in [-0.05, 0) is 38.3 Å². The van der Waals surface area contributed by atoms with Gasteiger partial charge in [0.2, 0.25) is 0 Å². The molecule has 0 N–H and O–H groups in total. The Morgan fingerprint density at radius 2 is 1.85 bits per heavy atom. The van der Waals surface area contributed by atoms with Crippen molar-refractivity contribution in [1.82, 2.24) is 9.97 Å². The van der Waals surface area contributed by atoms with E-state index in [0.717, 1.165) is 22.9 Å². The fourth-order valence-corrected chi connectivity index (χ4v) is 2.57. The van der Waals surface area contributed by atoms with E-state index < -0.39 is 0 Å². The monoisotopic (exact) mass is 287 g/mol. The van der Waals surface area contributed by atoms with Crippen molar-refractivity contribution in [2.45, 2.75) is 32.6 Å². The summed E-state index contributed by atoms with van der Waals surface area (Å²) in [7, 11) is 2.03. The van der Waals surface area contributed by atoms with Gasteiger partial charge < -0.3 is 4.90 Å². The van der Waals surface area contributed by atoms with Crippen LogP contribution in [0.2, 0.25) is 5.15 Å². The van der Waals surface area contributed by atoms with Gasteiger partial charge in [0.05, 0.1) is 0 Å². The molecule has 0 atom stereocenters. The van der Waals surface area contributed by atoms with Crippen molar-refractivity contribution in [2.24, 2.45) is 0 Å². The SMILES string of the molecule is Cc1ccccc1N(C)c1nc(C2CC2)nc(Cl)c1C. The standard InChI is InChI=1S/C16H18ClN3/c1-10-6-4-5-7-13(10)20(3)16-11(2)14(17)18-15(19-16)12-8-9-12/h4-7,12H,8-9H2,1-3H3. The van der Waals surface area contributed by atoms with Crippen LogP contribution in [0.4, 0.5) is 11.5 Å². The second-order valence-corrected chi connectivity index (χ2v) is 5.80. The smallest absolute Gasteiger partial charge is 0.140 e. The maximum absolute atomic E-state index is 6.28. The molecule has 0 spiro atoms. The third-order valence-electron chi connectivity index (χ3n) is 3.82. The van der Waals surface area contributed by atoms with Crippen molar-refractivity contribution in [1.29, 1.82) is 0 Å². The zero-order chi connectivity index (χ0) is 14.3. The Labute approximate surface area is 124 Å². The molecule has 1 aromatic heterocycles. The van der Waals surface area contributed by atoms with Gasteiger partial charge in [0.1, 0.15) is 16.8 Å². The van der Waals surface area contributed by atoms with Crippen molar-refractivity contribution in [3.05, 3.63) is 46.4 Å². The topological polar surface area (TPSA) is 29.0 Å². The first-order valence-corrected chi connectivity index (χ1v) is 7.29. The maximum Gasteiger partial charge on any atom is 0.140 e. The number of hydrogen-bond acceptors (Lipinski definition) is 3. The highest BCUT2D eigenvalue weighted by molar-refractivity contribution is 6.30. The van der Waals surface area contributed by atoms with Crippen molar-refractivity contribution >= 4 is 23.1 Å². The minimum absolute atomic E-state index is 0.497. The fraction of sp³-hybridized carbons (Fsp3) is 0.375. The highest BCUT2D eigenvalue weighted by atomic mass is 35.5. The average Bonchev–Trinajstić information content (AvgIpc) is 3.26. The predicted octanol–water partition coefficient (Wildman–Crippen LogP) is 4.39. The van der Waals surface area contributed by atoms with E-state index in [1.54, 1.807) is 0 Å². The number of nitrogens with zero attached hydrogens (tertiary/aromatic N) is 3. The summed E-state index contributed by atoms with van der Waals surface area (Å²) in [5.41, 5.74) is 3.30. The molecular formula is C16H18ClN3. The summed E-state index contributed by atoms with van der Waals surface area (Å²) in [6, 6.07) is 8.29. The number of hydrogen-bond donors (Lipinski definition) is 0. The van der Waals surface area contributed by atoms with Crippen LogP contribution < -0.4 is 4.90 Å². The lowest BCUT2D eigenvalue weighted by atomic mass is 10.2. The fourth-order valence-electron chi connectivity index (χ4n) is 2.40. The van der Waals surface area contributed by atoms with Gasteiger partial charge in [-0.2, -0.15) is 0 Å². The van der Waals surface area contributed by atoms with E-state index in [1.807, 2.05) is 26.1 Å². The van der Waals surface area contributed by atoms with E-state index in [9.17, 15) is 0 Å². The number of aryl methyl sites for hydroxylation is 1. The summed E-state index contributed by atoms with van der Waals surface area (Å²) in [6.45, 7) is 4.08. The van der Waals surface area contributed by atoms with Gasteiger partial charge in [0.25, 0.3) is 0 Å². The molecule has 20 heavy (non-hydrogen) atoms. The minimum atomic E-state index is 0.497. The lowest BCUT2D eigenvalue weighted by Crippen LogP contribution is -2.15. The van der Waals surface area contributed by atoms with Crippen LogP contribution in [0, 0.1) is 13.8 Å². The summed E-state index contributed by atoms with van der Waals surface area (Å²) in [5, 5.41) is 0.567. The van der Waals surface area contributed by atoms with Gasteiger partial charge in [-0.1, -0.05) is 29.8 Å². The summed E-state index contributed by atoms with van der Waals surface area (Å²) < 4.78 is 0. The second-order valence-electron chi connectivity index (χ2n) is 5.44. The van der Waals surface area contributed by atoms with E-state index in [4.69, 9.17) is 16.6 Å². The quantitative estimate of drug-likeness (QED) is 0.784. The van der Waals surface area contributed by atoms with Crippen molar-refractivity contribution in [2.75, 3.05) is 11.9 Å². The molecular weight excluding hydrogens is 270 g/mol. The summed E-state index contributed by atoms with van der Waals surface area (Å²) in [6.07, 6.45) is 2.35. The van der Waals surface area contributed by atoms with Gasteiger partial charge in [0, 0.05) is 24.2 Å². The lowest BCUT2D eigenvalue weighted by molar-refractivity contribution is 0.903. The third-order valence-corrected chi connectivity index (χ3v) is 4.18. The van der Waals surface area contributed by atoms with Crippen molar-refractivity contribution in [3.8, 4) is 0 Å². The second kappa shape index (κ2) is 5.06. The summed E-state index contributed by atoms with van der Waals surface area (Å²) >= 11 is 6.28. The normalized spacial score (nSPS) is 14.4. The Kier molecular flexibility index (Phi) is 3.38. The maximum atomic E-state index is 6.28. The Bertz CT molecular complexity index is 650. The molecule has 0 amide bonds. The van der Waals surface area contributed by atoms with Crippen LogP contribution in [-0.4, -0.2) is 17.0 Å². The number of aromatic nitrogens is 2. The number of rotatable bonds is 3. The highest BCUT2D eigenvalue weighted by Crippen LogP contribution is 2.40. The number of halogens is 1. The predicted molar refractivity (Wildman–Crippen MR) is 83.0 cm³/mol. The van der Waals surface area contributed by atoms with Crippen molar-refractivity contribution in [3.63, 3.8) is 0 Å². The first kappa shape index (κ1) is 13.4. The molecule has 104 valence electrons. The summed E-state index contributed by atoms with van der Waals surface area (Å²) in [5.74, 6) is 2.29. The Morgan fingerprint density at radius 3 is 2.50 bits per heavy atom. The highest BCUT2D eigenvalue weighted by Gasteiger charge is 2.28. The van der Waals surface area contributed by atoms with Gasteiger partial charge in [-0.15, -0.1) is 0 Å². The minimum Gasteiger partial charge on any atom is -0.329 e. The molecule has 3 nitrogen and oxygen atoms in total. The first-order chi connectivity index (χ1) is 9.58. The van der Waals surface area contributed by atoms with Crippen LogP contribution in [0.3, 0.4) is 0 Å². The molecule has 0 saturated heterocycles.